The van der Waals surface area contributed by atoms with Crippen molar-refractivity contribution in [1.82, 2.24) is 0 Å². The molecule has 3 fully saturated rings. The van der Waals surface area contributed by atoms with E-state index in [1.54, 1.807) is 0 Å². The maximum absolute atomic E-state index is 2.72. The molecule has 27 heavy (non-hydrogen) atoms. The molecule has 0 N–H and O–H groups in total. The minimum absolute atomic E-state index is 0.542. The smallest absolute Gasteiger partial charge is 0.00851 e. The Morgan fingerprint density at radius 2 is 1.81 bits per heavy atom. The van der Waals surface area contributed by atoms with Crippen molar-refractivity contribution in [2.45, 2.75) is 105 Å². The van der Waals surface area contributed by atoms with Gasteiger partial charge in [-0.25, -0.2) is 0 Å². The van der Waals surface area contributed by atoms with Crippen LogP contribution in [-0.4, -0.2) is 0 Å². The van der Waals surface area contributed by atoms with Gasteiger partial charge in [0.2, 0.25) is 0 Å². The van der Waals surface area contributed by atoms with Gasteiger partial charge in [-0.3, -0.25) is 0 Å². The largest absolute Gasteiger partial charge is 0.0845 e. The molecule has 3 saturated carbocycles. The highest BCUT2D eigenvalue weighted by atomic mass is 14.6. The molecule has 0 heterocycles. The molecular weight excluding hydrogens is 324 g/mol. The molecule has 0 aliphatic heterocycles. The summed E-state index contributed by atoms with van der Waals surface area (Å²) in [6.45, 7) is 12.7. The molecule has 7 atom stereocenters. The summed E-state index contributed by atoms with van der Waals surface area (Å²) in [5, 5.41) is 0. The lowest BCUT2D eigenvalue weighted by atomic mass is 9.47. The summed E-state index contributed by atoms with van der Waals surface area (Å²) in [7, 11) is 0. The molecule has 4 rings (SSSR count). The van der Waals surface area contributed by atoms with Crippen molar-refractivity contribution in [3.63, 3.8) is 0 Å². The third-order valence-electron chi connectivity index (χ3n) is 10.1. The first-order valence-corrected chi connectivity index (χ1v) is 12.4. The van der Waals surface area contributed by atoms with Crippen molar-refractivity contribution in [3.8, 4) is 0 Å². The van der Waals surface area contributed by atoms with E-state index in [2.05, 4.69) is 47.1 Å². The Kier molecular flexibility index (Phi) is 5.59. The highest BCUT2D eigenvalue weighted by Gasteiger charge is 2.58. The fourth-order valence-corrected chi connectivity index (χ4v) is 8.50. The highest BCUT2D eigenvalue weighted by molar-refractivity contribution is 5.26. The number of rotatable bonds is 5. The predicted octanol–water partition coefficient (Wildman–Crippen LogP) is 8.23. The Morgan fingerprint density at radius 3 is 2.59 bits per heavy atom. The third kappa shape index (κ3) is 3.36. The van der Waals surface area contributed by atoms with E-state index in [1.165, 1.54) is 70.6 Å². The second-order valence-corrected chi connectivity index (χ2v) is 11.8. The lowest BCUT2D eigenvalue weighted by molar-refractivity contribution is -0.0483. The molecule has 4 aliphatic rings. The molecule has 6 unspecified atom stereocenters. The summed E-state index contributed by atoms with van der Waals surface area (Å²) in [6.07, 6.45) is 21.2. The molecule has 0 aromatic heterocycles. The Morgan fingerprint density at radius 1 is 1.00 bits per heavy atom. The average Bonchev–Trinajstić information content (AvgIpc) is 2.98. The molecule has 0 bridgehead atoms. The topological polar surface area (TPSA) is 0 Å². The third-order valence-corrected chi connectivity index (χ3v) is 10.1. The fourth-order valence-electron chi connectivity index (χ4n) is 8.50. The zero-order chi connectivity index (χ0) is 19.2. The molecule has 0 saturated heterocycles. The minimum atomic E-state index is 0.542. The number of fused-ring (bicyclic) bond motifs is 5. The molecule has 0 heteroatoms. The molecule has 0 nitrogen and oxygen atoms in total. The first kappa shape index (κ1) is 20.0. The van der Waals surface area contributed by atoms with E-state index in [-0.39, 0.29) is 0 Å². The number of hydrogen-bond donors (Lipinski definition) is 0. The lowest BCUT2D eigenvalue weighted by Gasteiger charge is -2.58. The summed E-state index contributed by atoms with van der Waals surface area (Å²) < 4.78 is 0. The SMILES string of the molecule is CC(C)CCC[C@@H](C)C1CCC2C3CC=C4C[CH]CCC4(C)C3CCC21C. The second-order valence-electron chi connectivity index (χ2n) is 11.8. The first-order valence-electron chi connectivity index (χ1n) is 12.4. The van der Waals surface area contributed by atoms with Gasteiger partial charge in [0, 0.05) is 0 Å². The van der Waals surface area contributed by atoms with E-state index in [0.717, 1.165) is 35.5 Å². The summed E-state index contributed by atoms with van der Waals surface area (Å²) in [5.74, 6) is 5.78. The lowest BCUT2D eigenvalue weighted by Crippen LogP contribution is -2.50. The van der Waals surface area contributed by atoms with E-state index >= 15 is 0 Å². The Bertz CT molecular complexity index is 556. The molecule has 0 aromatic rings. The van der Waals surface area contributed by atoms with Crippen LogP contribution in [0.2, 0.25) is 0 Å². The first-order chi connectivity index (χ1) is 12.9. The van der Waals surface area contributed by atoms with Gasteiger partial charge in [0.05, 0.1) is 0 Å². The van der Waals surface area contributed by atoms with Gasteiger partial charge in [-0.2, -0.15) is 0 Å². The standard InChI is InChI=1S/C27H45/c1-19(2)9-8-10-20(3)23-14-15-24-22-13-12-21-11-6-7-17-26(21,4)25(22)16-18-27(23,24)5/h6,12,19-20,22-25H,7-11,13-18H2,1-5H3/t20-,22?,23?,24?,25?,26?,27?/m1/s1. The van der Waals surface area contributed by atoms with Crippen LogP contribution in [0.4, 0.5) is 0 Å². The maximum atomic E-state index is 2.72. The van der Waals surface area contributed by atoms with Crippen LogP contribution >= 0.6 is 0 Å². The van der Waals surface area contributed by atoms with Crippen molar-refractivity contribution in [1.29, 1.82) is 0 Å². The van der Waals surface area contributed by atoms with Gasteiger partial charge in [-0.15, -0.1) is 0 Å². The van der Waals surface area contributed by atoms with Gasteiger partial charge in [-0.05, 0) is 104 Å². The predicted molar refractivity (Wildman–Crippen MR) is 117 cm³/mol. The van der Waals surface area contributed by atoms with E-state index in [9.17, 15) is 0 Å². The van der Waals surface area contributed by atoms with Crippen LogP contribution in [0.25, 0.3) is 0 Å². The summed E-state index contributed by atoms with van der Waals surface area (Å²) in [5.41, 5.74) is 3.00. The van der Waals surface area contributed by atoms with E-state index in [0.29, 0.717) is 10.8 Å². The molecule has 153 valence electrons. The zero-order valence-corrected chi connectivity index (χ0v) is 18.9. The van der Waals surface area contributed by atoms with Crippen LogP contribution in [0.3, 0.4) is 0 Å². The summed E-state index contributed by atoms with van der Waals surface area (Å²) >= 11 is 0. The number of hydrogen-bond acceptors (Lipinski definition) is 0. The molecule has 0 spiro atoms. The molecule has 0 aromatic carbocycles. The quantitative estimate of drug-likeness (QED) is 0.428. The van der Waals surface area contributed by atoms with Crippen LogP contribution in [-0.2, 0) is 0 Å². The minimum Gasteiger partial charge on any atom is -0.0845 e. The second kappa shape index (κ2) is 7.53. The summed E-state index contributed by atoms with van der Waals surface area (Å²) in [4.78, 5) is 0. The van der Waals surface area contributed by atoms with Crippen LogP contribution in [0, 0.1) is 52.8 Å². The van der Waals surface area contributed by atoms with Gasteiger partial charge in [0.1, 0.15) is 0 Å². The van der Waals surface area contributed by atoms with Crippen molar-refractivity contribution in [2.75, 3.05) is 0 Å². The van der Waals surface area contributed by atoms with Gasteiger partial charge >= 0.3 is 0 Å². The van der Waals surface area contributed by atoms with Crippen molar-refractivity contribution in [3.05, 3.63) is 18.1 Å². The zero-order valence-electron chi connectivity index (χ0n) is 18.9. The van der Waals surface area contributed by atoms with Crippen molar-refractivity contribution in [2.24, 2.45) is 46.3 Å². The van der Waals surface area contributed by atoms with Gasteiger partial charge in [0.15, 0.2) is 0 Å². The molecular formula is C27H45. The van der Waals surface area contributed by atoms with Crippen LogP contribution in [0.5, 0.6) is 0 Å². The average molecular weight is 370 g/mol. The van der Waals surface area contributed by atoms with Crippen LogP contribution < -0.4 is 0 Å². The summed E-state index contributed by atoms with van der Waals surface area (Å²) in [6, 6.07) is 0. The van der Waals surface area contributed by atoms with E-state index in [1.807, 2.05) is 5.57 Å². The molecule has 0 amide bonds. The van der Waals surface area contributed by atoms with Crippen LogP contribution in [0.1, 0.15) is 105 Å². The maximum Gasteiger partial charge on any atom is -0.00851 e. The fraction of sp³-hybridized carbons (Fsp3) is 0.889. The van der Waals surface area contributed by atoms with E-state index in [4.69, 9.17) is 0 Å². The van der Waals surface area contributed by atoms with Crippen molar-refractivity contribution >= 4 is 0 Å². The normalized spacial score (nSPS) is 45.0. The molecule has 1 radical (unpaired) electrons. The Hall–Kier alpha value is -0.260. The van der Waals surface area contributed by atoms with E-state index < -0.39 is 0 Å². The van der Waals surface area contributed by atoms with Crippen molar-refractivity contribution < 1.29 is 0 Å². The van der Waals surface area contributed by atoms with Gasteiger partial charge < -0.3 is 0 Å². The Labute approximate surface area is 170 Å². The molecule has 4 aliphatic carbocycles. The number of allylic oxidation sites excluding steroid dienone is 2. The van der Waals surface area contributed by atoms with Crippen LogP contribution in [0.15, 0.2) is 11.6 Å². The highest BCUT2D eigenvalue weighted by Crippen LogP contribution is 2.67. The monoisotopic (exact) mass is 369 g/mol. The van der Waals surface area contributed by atoms with Gasteiger partial charge in [-0.1, -0.05) is 65.5 Å². The Balaban J connectivity index is 1.49. The van der Waals surface area contributed by atoms with Gasteiger partial charge in [0.25, 0.3) is 0 Å².